The molecular weight excluding hydrogens is 469 g/mol. The van der Waals surface area contributed by atoms with Crippen LogP contribution in [-0.4, -0.2) is 75.8 Å². The molecule has 2 saturated heterocycles. The number of aliphatic imine (C=N–C) groups is 1. The minimum Gasteiger partial charge on any atom is -0.381 e. The molecule has 0 radical (unpaired) electrons. The van der Waals surface area contributed by atoms with E-state index in [1.807, 2.05) is 35.2 Å². The van der Waals surface area contributed by atoms with Gasteiger partial charge in [0.05, 0.1) is 6.04 Å². The molecule has 156 valence electrons. The van der Waals surface area contributed by atoms with E-state index in [1.54, 1.807) is 7.05 Å². The number of para-hydroxylation sites is 1. The van der Waals surface area contributed by atoms with Gasteiger partial charge in [-0.2, -0.15) is 0 Å². The maximum atomic E-state index is 12.4. The van der Waals surface area contributed by atoms with Crippen molar-refractivity contribution < 1.29 is 9.53 Å². The number of carbonyl (C=O) groups excluding carboxylic acids is 1. The number of halogens is 1. The number of carbonyl (C=O) groups is 1. The third-order valence-corrected chi connectivity index (χ3v) is 5.71. The molecule has 2 aliphatic rings. The van der Waals surface area contributed by atoms with E-state index in [0.717, 1.165) is 44.2 Å². The highest BCUT2D eigenvalue weighted by Gasteiger charge is 2.35. The van der Waals surface area contributed by atoms with Crippen molar-refractivity contribution in [2.24, 2.45) is 4.99 Å². The number of likely N-dealkylation sites (N-methyl/N-ethyl adjacent to an activating group) is 1. The first kappa shape index (κ1) is 22.9. The Morgan fingerprint density at radius 3 is 2.57 bits per heavy atom. The quantitative estimate of drug-likeness (QED) is 0.365. The molecule has 0 bridgehead atoms. The molecule has 0 spiro atoms. The number of amides is 1. The Hall–Kier alpha value is -1.39. The summed E-state index contributed by atoms with van der Waals surface area (Å²) in [5.74, 6) is 0.888. The average molecular weight is 501 g/mol. The van der Waals surface area contributed by atoms with Crippen molar-refractivity contribution in [1.29, 1.82) is 0 Å². The Kier molecular flexibility index (Phi) is 8.51. The van der Waals surface area contributed by atoms with Crippen LogP contribution >= 0.6 is 24.0 Å². The summed E-state index contributed by atoms with van der Waals surface area (Å²) < 4.78 is 5.54. The normalized spacial score (nSPS) is 22.1. The lowest BCUT2D eigenvalue weighted by Crippen LogP contribution is -2.57. The molecule has 1 atom stereocenters. The molecule has 1 aromatic carbocycles. The fourth-order valence-corrected chi connectivity index (χ4v) is 3.83. The number of guanidine groups is 1. The molecule has 0 aromatic heterocycles. The zero-order valence-electron chi connectivity index (χ0n) is 17.0. The van der Waals surface area contributed by atoms with Gasteiger partial charge in [-0.3, -0.25) is 9.79 Å². The molecule has 1 unspecified atom stereocenters. The van der Waals surface area contributed by atoms with Crippen LogP contribution < -0.4 is 15.5 Å². The first-order valence-electron chi connectivity index (χ1n) is 9.62. The standard InChI is InChI=1S/C20H31N5O2.HI/c1-21-19(22-15-20(24(2)3)9-11-27-12-10-20)23-16-13-18(26)25(14-16)17-7-5-4-6-8-17;/h4-8,16H,9-15H2,1-3H3,(H2,21,22,23);1H. The summed E-state index contributed by atoms with van der Waals surface area (Å²) in [5, 5.41) is 6.89. The molecule has 2 aliphatic heterocycles. The van der Waals surface area contributed by atoms with Crippen molar-refractivity contribution in [3.8, 4) is 0 Å². The fourth-order valence-electron chi connectivity index (χ4n) is 3.83. The van der Waals surface area contributed by atoms with Gasteiger partial charge in [0.25, 0.3) is 0 Å². The maximum absolute atomic E-state index is 12.4. The van der Waals surface area contributed by atoms with Crippen LogP contribution in [0.15, 0.2) is 35.3 Å². The predicted molar refractivity (Wildman–Crippen MR) is 124 cm³/mol. The Morgan fingerprint density at radius 2 is 1.96 bits per heavy atom. The summed E-state index contributed by atoms with van der Waals surface area (Å²) in [4.78, 5) is 20.9. The van der Waals surface area contributed by atoms with Crippen LogP contribution in [0.5, 0.6) is 0 Å². The van der Waals surface area contributed by atoms with E-state index in [0.29, 0.717) is 13.0 Å². The lowest BCUT2D eigenvalue weighted by Gasteiger charge is -2.43. The average Bonchev–Trinajstić information content (AvgIpc) is 3.06. The van der Waals surface area contributed by atoms with Gasteiger partial charge in [-0.05, 0) is 39.1 Å². The number of hydrogen-bond acceptors (Lipinski definition) is 4. The first-order chi connectivity index (χ1) is 13.0. The van der Waals surface area contributed by atoms with Gasteiger partial charge in [0, 0.05) is 51.0 Å². The van der Waals surface area contributed by atoms with Crippen molar-refractivity contribution in [3.05, 3.63) is 30.3 Å². The van der Waals surface area contributed by atoms with E-state index in [-0.39, 0.29) is 41.5 Å². The summed E-state index contributed by atoms with van der Waals surface area (Å²) in [6.07, 6.45) is 2.46. The van der Waals surface area contributed by atoms with Crippen LogP contribution in [0.25, 0.3) is 0 Å². The van der Waals surface area contributed by atoms with Gasteiger partial charge in [0.2, 0.25) is 5.91 Å². The van der Waals surface area contributed by atoms with Gasteiger partial charge in [0.1, 0.15) is 0 Å². The van der Waals surface area contributed by atoms with E-state index in [9.17, 15) is 4.79 Å². The summed E-state index contributed by atoms with van der Waals surface area (Å²) >= 11 is 0. The molecule has 7 nitrogen and oxygen atoms in total. The number of anilines is 1. The van der Waals surface area contributed by atoms with E-state index >= 15 is 0 Å². The van der Waals surface area contributed by atoms with Gasteiger partial charge >= 0.3 is 0 Å². The SMILES string of the molecule is CN=C(NCC1(N(C)C)CCOCC1)NC1CC(=O)N(c2ccccc2)C1.I. The molecule has 0 aliphatic carbocycles. The minimum atomic E-state index is 0. The van der Waals surface area contributed by atoms with Crippen molar-refractivity contribution in [1.82, 2.24) is 15.5 Å². The van der Waals surface area contributed by atoms with Crippen LogP contribution in [0, 0.1) is 0 Å². The second-order valence-corrected chi connectivity index (χ2v) is 7.54. The number of rotatable bonds is 5. The Morgan fingerprint density at radius 1 is 1.29 bits per heavy atom. The molecule has 28 heavy (non-hydrogen) atoms. The van der Waals surface area contributed by atoms with E-state index in [2.05, 4.69) is 34.6 Å². The van der Waals surface area contributed by atoms with Crippen molar-refractivity contribution in [3.63, 3.8) is 0 Å². The van der Waals surface area contributed by atoms with Crippen LogP contribution in [0.2, 0.25) is 0 Å². The third kappa shape index (κ3) is 5.36. The van der Waals surface area contributed by atoms with Crippen LogP contribution in [0.3, 0.4) is 0 Å². The summed E-state index contributed by atoms with van der Waals surface area (Å²) in [5.41, 5.74) is 1.01. The van der Waals surface area contributed by atoms with Gasteiger partial charge < -0.3 is 25.2 Å². The Bertz CT molecular complexity index is 662. The smallest absolute Gasteiger partial charge is 0.229 e. The maximum Gasteiger partial charge on any atom is 0.229 e. The van der Waals surface area contributed by atoms with E-state index < -0.39 is 0 Å². The van der Waals surface area contributed by atoms with Gasteiger partial charge in [-0.25, -0.2) is 0 Å². The predicted octanol–water partition coefficient (Wildman–Crippen LogP) is 1.69. The summed E-state index contributed by atoms with van der Waals surface area (Å²) in [6, 6.07) is 9.87. The lowest BCUT2D eigenvalue weighted by molar-refractivity contribution is -0.117. The Labute approximate surface area is 184 Å². The third-order valence-electron chi connectivity index (χ3n) is 5.71. The van der Waals surface area contributed by atoms with Crippen LogP contribution in [0.4, 0.5) is 5.69 Å². The molecule has 2 N–H and O–H groups in total. The molecule has 8 heteroatoms. The second-order valence-electron chi connectivity index (χ2n) is 7.54. The number of nitrogens with one attached hydrogen (secondary N) is 2. The summed E-state index contributed by atoms with van der Waals surface area (Å²) in [6.45, 7) is 3.02. The zero-order chi connectivity index (χ0) is 19.3. The minimum absolute atomic E-state index is 0. The number of ether oxygens (including phenoxy) is 1. The van der Waals surface area contributed by atoms with Gasteiger partial charge in [-0.1, -0.05) is 18.2 Å². The van der Waals surface area contributed by atoms with Gasteiger partial charge in [-0.15, -0.1) is 24.0 Å². The highest BCUT2D eigenvalue weighted by Crippen LogP contribution is 2.25. The highest BCUT2D eigenvalue weighted by molar-refractivity contribution is 14.0. The molecule has 2 fully saturated rings. The topological polar surface area (TPSA) is 69.2 Å². The molecule has 3 rings (SSSR count). The fraction of sp³-hybridized carbons (Fsp3) is 0.600. The molecule has 1 amide bonds. The second kappa shape index (κ2) is 10.4. The molecule has 0 saturated carbocycles. The molecular formula is C20H32IN5O2. The van der Waals surface area contributed by atoms with E-state index in [4.69, 9.17) is 4.74 Å². The zero-order valence-corrected chi connectivity index (χ0v) is 19.3. The van der Waals surface area contributed by atoms with Crippen molar-refractivity contribution in [2.75, 3.05) is 52.3 Å². The van der Waals surface area contributed by atoms with Crippen molar-refractivity contribution >= 4 is 41.5 Å². The highest BCUT2D eigenvalue weighted by atomic mass is 127. The van der Waals surface area contributed by atoms with Crippen molar-refractivity contribution in [2.45, 2.75) is 30.8 Å². The van der Waals surface area contributed by atoms with E-state index in [1.165, 1.54) is 0 Å². The number of benzene rings is 1. The lowest BCUT2D eigenvalue weighted by atomic mass is 9.88. The monoisotopic (exact) mass is 501 g/mol. The van der Waals surface area contributed by atoms with Gasteiger partial charge in [0.15, 0.2) is 5.96 Å². The largest absolute Gasteiger partial charge is 0.381 e. The van der Waals surface area contributed by atoms with Crippen LogP contribution in [0.1, 0.15) is 19.3 Å². The summed E-state index contributed by atoms with van der Waals surface area (Å²) in [7, 11) is 6.01. The first-order valence-corrected chi connectivity index (χ1v) is 9.62. The van der Waals surface area contributed by atoms with Crippen LogP contribution in [-0.2, 0) is 9.53 Å². The Balaban J connectivity index is 0.00000280. The number of hydrogen-bond donors (Lipinski definition) is 2. The molecule has 1 aromatic rings. The number of nitrogens with zero attached hydrogens (tertiary/aromatic N) is 3. The molecule has 2 heterocycles.